The van der Waals surface area contributed by atoms with Crippen LogP contribution in [0.3, 0.4) is 0 Å². The molecule has 0 aliphatic heterocycles. The first-order valence-electron chi connectivity index (χ1n) is 13.1. The van der Waals surface area contributed by atoms with E-state index >= 15 is 0 Å². The van der Waals surface area contributed by atoms with Gasteiger partial charge >= 0.3 is 11.9 Å². The highest BCUT2D eigenvalue weighted by atomic mass is 16.5. The smallest absolute Gasteiger partial charge is 0.397 e. The van der Waals surface area contributed by atoms with Crippen LogP contribution in [0.1, 0.15) is 42.1 Å². The zero-order chi connectivity index (χ0) is 28.5. The molecule has 208 valence electrons. The largest absolute Gasteiger partial charge is 0.508 e. The van der Waals surface area contributed by atoms with Gasteiger partial charge in [-0.05, 0) is 88.8 Å². The Kier molecular flexibility index (Phi) is 10.5. The number of hydrogen-bond acceptors (Lipinski definition) is 7. The van der Waals surface area contributed by atoms with Crippen LogP contribution in [0, 0.1) is 13.8 Å². The van der Waals surface area contributed by atoms with Crippen molar-refractivity contribution in [2.45, 2.75) is 40.3 Å². The molecule has 0 saturated heterocycles. The second-order valence-electron chi connectivity index (χ2n) is 9.87. The van der Waals surface area contributed by atoms with Gasteiger partial charge in [-0.25, -0.2) is 4.79 Å². The maximum absolute atomic E-state index is 12.0. The van der Waals surface area contributed by atoms with E-state index in [0.29, 0.717) is 23.7 Å². The monoisotopic (exact) mass is 533 g/mol. The van der Waals surface area contributed by atoms with E-state index in [1.54, 1.807) is 31.2 Å². The number of rotatable bonds is 11. The van der Waals surface area contributed by atoms with Gasteiger partial charge in [-0.1, -0.05) is 30.3 Å². The number of aromatic hydroxyl groups is 1. The van der Waals surface area contributed by atoms with Crippen LogP contribution < -0.4 is 10.1 Å². The van der Waals surface area contributed by atoms with E-state index in [4.69, 9.17) is 9.47 Å². The first-order chi connectivity index (χ1) is 18.6. The third kappa shape index (κ3) is 8.30. The van der Waals surface area contributed by atoms with E-state index in [1.165, 1.54) is 5.56 Å². The molecule has 0 fully saturated rings. The van der Waals surface area contributed by atoms with Crippen molar-refractivity contribution in [2.24, 2.45) is 0 Å². The van der Waals surface area contributed by atoms with Gasteiger partial charge in [0.2, 0.25) is 0 Å². The number of amides is 1. The number of benzene rings is 3. The summed E-state index contributed by atoms with van der Waals surface area (Å²) in [5.74, 6) is -0.301. The number of aryl methyl sites for hydroxylation is 2. The average molecular weight is 534 g/mol. The fraction of sp³-hybridized carbons (Fsp3) is 0.355. The summed E-state index contributed by atoms with van der Waals surface area (Å²) >= 11 is 0. The van der Waals surface area contributed by atoms with Crippen LogP contribution in [-0.2, 0) is 20.9 Å². The number of carbonyl (C=O) groups is 2. The lowest BCUT2D eigenvalue weighted by Crippen LogP contribution is -2.33. The number of phenolic OH excluding ortho intramolecular Hbond substituents is 1. The molecule has 1 amide bonds. The number of carbonyl (C=O) groups excluding carboxylic acids is 2. The number of hydrogen-bond donors (Lipinski definition) is 2. The van der Waals surface area contributed by atoms with Gasteiger partial charge in [0.1, 0.15) is 17.2 Å². The van der Waals surface area contributed by atoms with Crippen LogP contribution in [0.5, 0.6) is 17.2 Å². The predicted molar refractivity (Wildman–Crippen MR) is 153 cm³/mol. The van der Waals surface area contributed by atoms with Crippen molar-refractivity contribution >= 4 is 17.6 Å². The number of nitrogens with one attached hydrogen (secondary N) is 1. The van der Waals surface area contributed by atoms with Crippen LogP contribution in [0.2, 0.25) is 0 Å². The molecule has 0 saturated carbocycles. The predicted octanol–water partition coefficient (Wildman–Crippen LogP) is 5.43. The normalized spacial score (nSPS) is 11.9. The summed E-state index contributed by atoms with van der Waals surface area (Å²) in [5.41, 5.74) is 4.03. The Hall–Kier alpha value is -3.88. The number of nitrogens with zero attached hydrogens (tertiary/aromatic N) is 2. The molecule has 0 radical (unpaired) electrons. The first kappa shape index (κ1) is 29.7. The third-order valence-corrected chi connectivity index (χ3v) is 6.49. The summed E-state index contributed by atoms with van der Waals surface area (Å²) in [7, 11) is 4.10. The molecule has 0 aliphatic rings. The molecule has 2 N–H and O–H groups in total. The zero-order valence-corrected chi connectivity index (χ0v) is 23.7. The van der Waals surface area contributed by atoms with E-state index in [9.17, 15) is 14.7 Å². The molecule has 8 heteroatoms. The molecule has 0 heterocycles. The van der Waals surface area contributed by atoms with Crippen molar-refractivity contribution in [1.29, 1.82) is 0 Å². The van der Waals surface area contributed by atoms with Crippen molar-refractivity contribution in [3.05, 3.63) is 82.9 Å². The number of phenols is 1. The Morgan fingerprint density at radius 3 is 2.26 bits per heavy atom. The van der Waals surface area contributed by atoms with Crippen molar-refractivity contribution in [1.82, 2.24) is 9.80 Å². The van der Waals surface area contributed by atoms with Crippen molar-refractivity contribution in [3.8, 4) is 17.2 Å². The summed E-state index contributed by atoms with van der Waals surface area (Å²) in [5, 5.41) is 13.3. The Labute approximate surface area is 231 Å². The van der Waals surface area contributed by atoms with Gasteiger partial charge in [0.25, 0.3) is 0 Å². The van der Waals surface area contributed by atoms with E-state index < -0.39 is 11.9 Å². The van der Waals surface area contributed by atoms with E-state index in [2.05, 4.69) is 48.3 Å². The summed E-state index contributed by atoms with van der Waals surface area (Å²) < 4.78 is 11.0. The summed E-state index contributed by atoms with van der Waals surface area (Å²) in [6.07, 6.45) is 0. The van der Waals surface area contributed by atoms with Gasteiger partial charge in [-0.2, -0.15) is 0 Å². The fourth-order valence-corrected chi connectivity index (χ4v) is 4.33. The Morgan fingerprint density at radius 2 is 1.64 bits per heavy atom. The van der Waals surface area contributed by atoms with Gasteiger partial charge in [0.15, 0.2) is 0 Å². The van der Waals surface area contributed by atoms with Crippen LogP contribution in [0.15, 0.2) is 60.7 Å². The highest BCUT2D eigenvalue weighted by Crippen LogP contribution is 2.34. The molecular formula is C31H39N3O5. The minimum Gasteiger partial charge on any atom is -0.508 e. The first-order valence-corrected chi connectivity index (χ1v) is 13.1. The zero-order valence-electron chi connectivity index (χ0n) is 23.7. The maximum Gasteiger partial charge on any atom is 0.397 e. The second-order valence-corrected chi connectivity index (χ2v) is 9.87. The molecule has 0 aliphatic carbocycles. The van der Waals surface area contributed by atoms with Crippen molar-refractivity contribution < 1.29 is 24.2 Å². The van der Waals surface area contributed by atoms with Crippen LogP contribution >= 0.6 is 0 Å². The molecule has 1 unspecified atom stereocenters. The third-order valence-electron chi connectivity index (χ3n) is 6.49. The van der Waals surface area contributed by atoms with Gasteiger partial charge in [0, 0.05) is 36.9 Å². The Bertz CT molecular complexity index is 1250. The Morgan fingerprint density at radius 1 is 0.974 bits per heavy atom. The lowest BCUT2D eigenvalue weighted by atomic mass is 10.1. The summed E-state index contributed by atoms with van der Waals surface area (Å²) in [6.45, 7) is 9.94. The van der Waals surface area contributed by atoms with E-state index in [-0.39, 0.29) is 18.4 Å². The average Bonchev–Trinajstić information content (AvgIpc) is 2.90. The molecule has 3 aromatic rings. The number of ether oxygens (including phenoxy) is 2. The van der Waals surface area contributed by atoms with Crippen LogP contribution in [-0.4, -0.2) is 60.6 Å². The molecule has 0 spiro atoms. The van der Waals surface area contributed by atoms with Gasteiger partial charge < -0.3 is 24.8 Å². The van der Waals surface area contributed by atoms with E-state index in [1.807, 2.05) is 38.1 Å². The fourth-order valence-electron chi connectivity index (χ4n) is 4.33. The second kappa shape index (κ2) is 13.8. The topological polar surface area (TPSA) is 91.3 Å². The quantitative estimate of drug-likeness (QED) is 0.251. The van der Waals surface area contributed by atoms with Crippen molar-refractivity contribution in [2.75, 3.05) is 39.1 Å². The Balaban J connectivity index is 1.81. The van der Waals surface area contributed by atoms with E-state index in [0.717, 1.165) is 29.8 Å². The molecule has 1 atom stereocenters. The molecule has 8 nitrogen and oxygen atoms in total. The number of esters is 1. The SMILES string of the molecule is CCOC(=O)C(=O)Nc1cc(C)c(Oc2ccc(O)c(CN(CCN(C)C)C(C)c3ccccc3)c2)c(C)c1. The molecule has 3 aromatic carbocycles. The van der Waals surface area contributed by atoms with Crippen molar-refractivity contribution in [3.63, 3.8) is 0 Å². The highest BCUT2D eigenvalue weighted by Gasteiger charge is 2.19. The lowest BCUT2D eigenvalue weighted by Gasteiger charge is -2.31. The maximum atomic E-state index is 12.0. The van der Waals surface area contributed by atoms with Crippen LogP contribution in [0.4, 0.5) is 5.69 Å². The minimum atomic E-state index is -0.925. The summed E-state index contributed by atoms with van der Waals surface area (Å²) in [4.78, 5) is 28.2. The number of anilines is 1. The van der Waals surface area contributed by atoms with Gasteiger partial charge in [-0.3, -0.25) is 9.69 Å². The van der Waals surface area contributed by atoms with Crippen LogP contribution in [0.25, 0.3) is 0 Å². The van der Waals surface area contributed by atoms with Gasteiger partial charge in [0.05, 0.1) is 6.61 Å². The molecule has 0 aromatic heterocycles. The standard InChI is InChI=1S/C31H39N3O5/c1-7-38-31(37)30(36)32-26-17-21(2)29(22(3)18-26)39-27-13-14-28(35)25(19-27)20-34(16-15-33(5)6)23(4)24-11-9-8-10-12-24/h8-14,17-19,23,35H,7,15-16,20H2,1-6H3,(H,32,36). The lowest BCUT2D eigenvalue weighted by molar-refractivity contribution is -0.152. The number of likely N-dealkylation sites (N-methyl/N-ethyl adjacent to an activating group) is 1. The molecule has 39 heavy (non-hydrogen) atoms. The minimum absolute atomic E-state index is 0.129. The molecular weight excluding hydrogens is 494 g/mol. The highest BCUT2D eigenvalue weighted by molar-refractivity contribution is 6.37. The molecule has 0 bridgehead atoms. The van der Waals surface area contributed by atoms with Gasteiger partial charge in [-0.15, -0.1) is 0 Å². The molecule has 3 rings (SSSR count). The summed E-state index contributed by atoms with van der Waals surface area (Å²) in [6, 6.07) is 19.2.